The average Bonchev–Trinajstić information content (AvgIpc) is 2.27. The lowest BCUT2D eigenvalue weighted by atomic mass is 10.0. The molecule has 0 aliphatic rings. The van der Waals surface area contributed by atoms with Gasteiger partial charge in [-0.2, -0.15) is 5.26 Å². The molecule has 1 aromatic carbocycles. The number of aliphatic carboxylic acids is 1. The van der Waals surface area contributed by atoms with Gasteiger partial charge in [0.05, 0.1) is 11.6 Å². The summed E-state index contributed by atoms with van der Waals surface area (Å²) in [6, 6.07) is 8.55. The molecule has 0 aliphatic heterocycles. The summed E-state index contributed by atoms with van der Waals surface area (Å²) in [5, 5.41) is 19.9. The molecule has 0 saturated heterocycles. The van der Waals surface area contributed by atoms with Crippen LogP contribution in [0.1, 0.15) is 25.3 Å². The maximum absolute atomic E-state index is 11.6. The van der Waals surface area contributed by atoms with Crippen LogP contribution >= 0.6 is 0 Å². The zero-order valence-electron chi connectivity index (χ0n) is 10.0. The van der Waals surface area contributed by atoms with E-state index in [2.05, 4.69) is 5.32 Å². The summed E-state index contributed by atoms with van der Waals surface area (Å²) in [6.45, 7) is 1.71. The van der Waals surface area contributed by atoms with E-state index < -0.39 is 5.97 Å². The number of nitrogens with one attached hydrogen (secondary N) is 1. The van der Waals surface area contributed by atoms with Crippen molar-refractivity contribution in [3.8, 4) is 6.07 Å². The van der Waals surface area contributed by atoms with Crippen molar-refractivity contribution in [1.82, 2.24) is 0 Å². The molecule has 0 heterocycles. The normalized spacial score (nSPS) is 11.3. The Labute approximate surface area is 105 Å². The molecule has 1 aromatic rings. The second-order valence-corrected chi connectivity index (χ2v) is 4.15. The number of hydrogen-bond donors (Lipinski definition) is 2. The molecule has 0 spiro atoms. The summed E-state index contributed by atoms with van der Waals surface area (Å²) in [4.78, 5) is 22.1. The lowest BCUT2D eigenvalue weighted by Crippen LogP contribution is -2.16. The molecule has 0 aliphatic carbocycles. The minimum absolute atomic E-state index is 0.0361. The second kappa shape index (κ2) is 6.40. The Kier molecular flexibility index (Phi) is 4.88. The van der Waals surface area contributed by atoms with Crippen LogP contribution in [0.5, 0.6) is 0 Å². The maximum Gasteiger partial charge on any atom is 0.303 e. The average molecular weight is 246 g/mol. The van der Waals surface area contributed by atoms with E-state index in [4.69, 9.17) is 10.4 Å². The molecule has 0 saturated carbocycles. The van der Waals surface area contributed by atoms with Gasteiger partial charge in [-0.15, -0.1) is 0 Å². The van der Waals surface area contributed by atoms with Crippen LogP contribution in [0.4, 0.5) is 5.69 Å². The number of carbonyl (C=O) groups excluding carboxylic acids is 1. The van der Waals surface area contributed by atoms with E-state index in [0.29, 0.717) is 11.3 Å². The van der Waals surface area contributed by atoms with Gasteiger partial charge in [0.1, 0.15) is 0 Å². The van der Waals surface area contributed by atoms with Crippen LogP contribution in [-0.2, 0) is 9.59 Å². The summed E-state index contributed by atoms with van der Waals surface area (Å²) in [6.07, 6.45) is 0.106. The van der Waals surface area contributed by atoms with Gasteiger partial charge in [-0.1, -0.05) is 13.0 Å². The van der Waals surface area contributed by atoms with Crippen LogP contribution in [0.2, 0.25) is 0 Å². The Bertz CT molecular complexity index is 491. The molecule has 18 heavy (non-hydrogen) atoms. The third-order valence-electron chi connectivity index (χ3n) is 2.33. The molecule has 2 N–H and O–H groups in total. The summed E-state index contributed by atoms with van der Waals surface area (Å²) in [7, 11) is 0. The van der Waals surface area contributed by atoms with Crippen molar-refractivity contribution in [3.63, 3.8) is 0 Å². The fraction of sp³-hybridized carbons (Fsp3) is 0.308. The Morgan fingerprint density at radius 2 is 2.17 bits per heavy atom. The van der Waals surface area contributed by atoms with Crippen molar-refractivity contribution in [1.29, 1.82) is 5.26 Å². The van der Waals surface area contributed by atoms with Crippen LogP contribution in [-0.4, -0.2) is 17.0 Å². The molecule has 94 valence electrons. The van der Waals surface area contributed by atoms with Crippen molar-refractivity contribution < 1.29 is 14.7 Å². The topological polar surface area (TPSA) is 90.2 Å². The third-order valence-corrected chi connectivity index (χ3v) is 2.33. The first-order valence-corrected chi connectivity index (χ1v) is 5.53. The van der Waals surface area contributed by atoms with Gasteiger partial charge in [0.25, 0.3) is 0 Å². The number of amides is 1. The Balaban J connectivity index is 2.54. The number of anilines is 1. The monoisotopic (exact) mass is 246 g/mol. The second-order valence-electron chi connectivity index (χ2n) is 4.15. The number of rotatable bonds is 5. The first-order chi connectivity index (χ1) is 8.51. The zero-order chi connectivity index (χ0) is 13.5. The smallest absolute Gasteiger partial charge is 0.303 e. The van der Waals surface area contributed by atoms with Gasteiger partial charge in [-0.05, 0) is 24.1 Å². The van der Waals surface area contributed by atoms with Gasteiger partial charge in [-0.25, -0.2) is 0 Å². The minimum atomic E-state index is -0.915. The number of hydrogen-bond acceptors (Lipinski definition) is 3. The molecule has 0 aromatic heterocycles. The van der Waals surface area contributed by atoms with Crippen LogP contribution in [0.15, 0.2) is 24.3 Å². The molecule has 1 amide bonds. The predicted molar refractivity (Wildman–Crippen MR) is 65.8 cm³/mol. The third kappa shape index (κ3) is 4.66. The van der Waals surface area contributed by atoms with Gasteiger partial charge >= 0.3 is 5.97 Å². The Hall–Kier alpha value is -2.35. The fourth-order valence-electron chi connectivity index (χ4n) is 1.57. The van der Waals surface area contributed by atoms with Crippen molar-refractivity contribution in [2.45, 2.75) is 19.8 Å². The molecule has 5 nitrogen and oxygen atoms in total. The maximum atomic E-state index is 11.6. The number of benzene rings is 1. The van der Waals surface area contributed by atoms with E-state index in [1.165, 1.54) is 0 Å². The Morgan fingerprint density at radius 3 is 2.78 bits per heavy atom. The van der Waals surface area contributed by atoms with Crippen LogP contribution in [0.25, 0.3) is 0 Å². The lowest BCUT2D eigenvalue weighted by molar-refractivity contribution is -0.138. The Morgan fingerprint density at radius 1 is 1.44 bits per heavy atom. The number of carbonyl (C=O) groups is 2. The molecular formula is C13H14N2O3. The minimum Gasteiger partial charge on any atom is -0.481 e. The standard InChI is InChI=1S/C13H14N2O3/c1-9(6-13(17)18)5-12(16)15-11-4-2-3-10(7-11)8-14/h2-4,7,9H,5-6H2,1H3,(H,15,16)(H,17,18). The van der Waals surface area contributed by atoms with Gasteiger partial charge in [0.2, 0.25) is 5.91 Å². The molecule has 0 fully saturated rings. The van der Waals surface area contributed by atoms with Crippen LogP contribution in [0.3, 0.4) is 0 Å². The number of nitrogens with zero attached hydrogens (tertiary/aromatic N) is 1. The highest BCUT2D eigenvalue weighted by Crippen LogP contribution is 2.13. The molecule has 0 bridgehead atoms. The first-order valence-electron chi connectivity index (χ1n) is 5.53. The zero-order valence-corrected chi connectivity index (χ0v) is 10.0. The summed E-state index contributed by atoms with van der Waals surface area (Å²) >= 11 is 0. The van der Waals surface area contributed by atoms with E-state index in [1.54, 1.807) is 31.2 Å². The van der Waals surface area contributed by atoms with Gasteiger partial charge in [0.15, 0.2) is 0 Å². The lowest BCUT2D eigenvalue weighted by Gasteiger charge is -2.09. The molecule has 0 radical (unpaired) electrons. The first kappa shape index (κ1) is 13.7. The number of carboxylic acids is 1. The molecular weight excluding hydrogens is 232 g/mol. The van der Waals surface area contributed by atoms with E-state index in [9.17, 15) is 9.59 Å². The number of nitriles is 1. The fourth-order valence-corrected chi connectivity index (χ4v) is 1.57. The van der Waals surface area contributed by atoms with E-state index >= 15 is 0 Å². The van der Waals surface area contributed by atoms with Crippen LogP contribution < -0.4 is 5.32 Å². The predicted octanol–water partition coefficient (Wildman–Crippen LogP) is 2.00. The molecule has 1 unspecified atom stereocenters. The molecule has 5 heteroatoms. The van der Waals surface area contributed by atoms with Crippen molar-refractivity contribution in [2.24, 2.45) is 5.92 Å². The summed E-state index contributed by atoms with van der Waals surface area (Å²) in [5.74, 6) is -1.39. The molecule has 1 rings (SSSR count). The SMILES string of the molecule is CC(CC(=O)O)CC(=O)Nc1cccc(C#N)c1. The van der Waals surface area contributed by atoms with E-state index in [1.807, 2.05) is 6.07 Å². The van der Waals surface area contributed by atoms with Crippen molar-refractivity contribution in [2.75, 3.05) is 5.32 Å². The van der Waals surface area contributed by atoms with E-state index in [-0.39, 0.29) is 24.7 Å². The highest BCUT2D eigenvalue weighted by Gasteiger charge is 2.12. The van der Waals surface area contributed by atoms with Gasteiger partial charge < -0.3 is 10.4 Å². The van der Waals surface area contributed by atoms with Gasteiger partial charge in [0, 0.05) is 18.5 Å². The highest BCUT2D eigenvalue weighted by atomic mass is 16.4. The highest BCUT2D eigenvalue weighted by molar-refractivity contribution is 5.91. The van der Waals surface area contributed by atoms with E-state index in [0.717, 1.165) is 0 Å². The summed E-state index contributed by atoms with van der Waals surface area (Å²) in [5.41, 5.74) is 1.01. The van der Waals surface area contributed by atoms with Gasteiger partial charge in [-0.3, -0.25) is 9.59 Å². The molecule has 1 atom stereocenters. The quantitative estimate of drug-likeness (QED) is 0.831. The van der Waals surface area contributed by atoms with Crippen molar-refractivity contribution >= 4 is 17.6 Å². The largest absolute Gasteiger partial charge is 0.481 e. The summed E-state index contributed by atoms with van der Waals surface area (Å²) < 4.78 is 0. The van der Waals surface area contributed by atoms with Crippen LogP contribution in [0, 0.1) is 17.2 Å². The van der Waals surface area contributed by atoms with Crippen molar-refractivity contribution in [3.05, 3.63) is 29.8 Å². The number of carboxylic acid groups (broad SMARTS) is 1.